The summed E-state index contributed by atoms with van der Waals surface area (Å²) >= 11 is 0. The Balaban J connectivity index is 1.46. The molecular weight excluding hydrogens is 396 g/mol. The summed E-state index contributed by atoms with van der Waals surface area (Å²) in [6, 6.07) is 25.0. The normalized spacial score (nSPS) is 15.5. The SMILES string of the molecule is COc1ccc2c(c1)CC(CN(C)C)CN2C(=O)CCc1ccc(-c2ccccc2)cc1. The van der Waals surface area contributed by atoms with Crippen LogP contribution in [0.15, 0.2) is 72.8 Å². The van der Waals surface area contributed by atoms with Gasteiger partial charge in [-0.15, -0.1) is 0 Å². The van der Waals surface area contributed by atoms with Crippen LogP contribution < -0.4 is 9.64 Å². The van der Waals surface area contributed by atoms with E-state index in [0.29, 0.717) is 12.3 Å². The summed E-state index contributed by atoms with van der Waals surface area (Å²) in [4.78, 5) is 17.5. The summed E-state index contributed by atoms with van der Waals surface area (Å²) in [7, 11) is 5.87. The lowest BCUT2D eigenvalue weighted by molar-refractivity contribution is -0.118. The molecule has 3 aromatic carbocycles. The van der Waals surface area contributed by atoms with Gasteiger partial charge in [-0.3, -0.25) is 4.79 Å². The first-order valence-corrected chi connectivity index (χ1v) is 11.3. The van der Waals surface area contributed by atoms with Gasteiger partial charge in [0, 0.05) is 25.2 Å². The summed E-state index contributed by atoms with van der Waals surface area (Å²) in [5.74, 6) is 1.45. The van der Waals surface area contributed by atoms with Crippen molar-refractivity contribution in [2.75, 3.05) is 39.2 Å². The van der Waals surface area contributed by atoms with Gasteiger partial charge in [-0.1, -0.05) is 54.6 Å². The third-order valence-corrected chi connectivity index (χ3v) is 6.14. The maximum Gasteiger partial charge on any atom is 0.227 e. The van der Waals surface area contributed by atoms with E-state index in [1.807, 2.05) is 23.1 Å². The molecule has 1 atom stereocenters. The van der Waals surface area contributed by atoms with E-state index in [4.69, 9.17) is 4.74 Å². The Labute approximate surface area is 191 Å². The molecule has 0 bridgehead atoms. The van der Waals surface area contributed by atoms with Gasteiger partial charge in [-0.2, -0.15) is 0 Å². The maximum atomic E-state index is 13.3. The molecule has 1 aliphatic rings. The summed E-state index contributed by atoms with van der Waals surface area (Å²) in [6.07, 6.45) is 2.22. The molecule has 0 saturated heterocycles. The number of amides is 1. The molecule has 4 rings (SSSR count). The number of fused-ring (bicyclic) bond motifs is 1. The van der Waals surface area contributed by atoms with E-state index in [1.165, 1.54) is 22.3 Å². The van der Waals surface area contributed by atoms with Crippen molar-refractivity contribution >= 4 is 11.6 Å². The van der Waals surface area contributed by atoms with Crippen LogP contribution in [0.5, 0.6) is 5.75 Å². The van der Waals surface area contributed by atoms with E-state index in [-0.39, 0.29) is 5.91 Å². The Morgan fingerprint density at radius 2 is 1.72 bits per heavy atom. The Bertz CT molecular complexity index is 1040. The zero-order valence-electron chi connectivity index (χ0n) is 19.3. The molecule has 1 heterocycles. The highest BCUT2D eigenvalue weighted by atomic mass is 16.5. The third-order valence-electron chi connectivity index (χ3n) is 6.14. The number of rotatable bonds is 7. The van der Waals surface area contributed by atoms with Crippen molar-refractivity contribution in [2.24, 2.45) is 5.92 Å². The van der Waals surface area contributed by atoms with E-state index in [1.54, 1.807) is 7.11 Å². The molecule has 0 saturated carbocycles. The number of aryl methyl sites for hydroxylation is 1. The van der Waals surface area contributed by atoms with Gasteiger partial charge in [0.1, 0.15) is 5.75 Å². The van der Waals surface area contributed by atoms with Crippen LogP contribution in [0.25, 0.3) is 11.1 Å². The topological polar surface area (TPSA) is 32.8 Å². The second kappa shape index (κ2) is 10.0. The molecule has 1 amide bonds. The number of benzene rings is 3. The van der Waals surface area contributed by atoms with E-state index >= 15 is 0 Å². The first kappa shape index (κ1) is 22.1. The first-order chi connectivity index (χ1) is 15.5. The minimum atomic E-state index is 0.187. The van der Waals surface area contributed by atoms with Crippen LogP contribution in [0.3, 0.4) is 0 Å². The molecule has 166 valence electrons. The Morgan fingerprint density at radius 1 is 1.00 bits per heavy atom. The van der Waals surface area contributed by atoms with Gasteiger partial charge in [0.05, 0.1) is 7.11 Å². The molecule has 4 heteroatoms. The summed E-state index contributed by atoms with van der Waals surface area (Å²) in [5, 5.41) is 0. The Kier molecular flexibility index (Phi) is 6.91. The zero-order chi connectivity index (χ0) is 22.5. The van der Waals surface area contributed by atoms with Crippen LogP contribution in [0, 0.1) is 5.92 Å². The number of carbonyl (C=O) groups is 1. The highest BCUT2D eigenvalue weighted by Gasteiger charge is 2.29. The van der Waals surface area contributed by atoms with Crippen LogP contribution in [0.1, 0.15) is 17.5 Å². The van der Waals surface area contributed by atoms with E-state index in [9.17, 15) is 4.79 Å². The van der Waals surface area contributed by atoms with Crippen LogP contribution in [0.2, 0.25) is 0 Å². The molecule has 4 nitrogen and oxygen atoms in total. The lowest BCUT2D eigenvalue weighted by Gasteiger charge is -2.36. The van der Waals surface area contributed by atoms with Crippen molar-refractivity contribution < 1.29 is 9.53 Å². The van der Waals surface area contributed by atoms with E-state index in [0.717, 1.165) is 37.4 Å². The van der Waals surface area contributed by atoms with Crippen molar-refractivity contribution in [1.29, 1.82) is 0 Å². The number of hydrogen-bond donors (Lipinski definition) is 0. The highest BCUT2D eigenvalue weighted by Crippen LogP contribution is 2.33. The van der Waals surface area contributed by atoms with Crippen LogP contribution >= 0.6 is 0 Å². The molecular formula is C28H32N2O2. The molecule has 32 heavy (non-hydrogen) atoms. The molecule has 0 radical (unpaired) electrons. The lowest BCUT2D eigenvalue weighted by atomic mass is 9.91. The van der Waals surface area contributed by atoms with Gasteiger partial charge in [-0.05, 0) is 73.3 Å². The van der Waals surface area contributed by atoms with Gasteiger partial charge >= 0.3 is 0 Å². The van der Waals surface area contributed by atoms with Gasteiger partial charge in [0.25, 0.3) is 0 Å². The molecule has 0 spiro atoms. The highest BCUT2D eigenvalue weighted by molar-refractivity contribution is 5.95. The van der Waals surface area contributed by atoms with Crippen molar-refractivity contribution in [2.45, 2.75) is 19.3 Å². The van der Waals surface area contributed by atoms with Gasteiger partial charge in [0.15, 0.2) is 0 Å². The lowest BCUT2D eigenvalue weighted by Crippen LogP contribution is -2.43. The van der Waals surface area contributed by atoms with Crippen LogP contribution in [0.4, 0.5) is 5.69 Å². The quantitative estimate of drug-likeness (QED) is 0.527. The fourth-order valence-corrected chi connectivity index (χ4v) is 4.60. The number of anilines is 1. The van der Waals surface area contributed by atoms with Crippen LogP contribution in [-0.4, -0.2) is 45.1 Å². The van der Waals surface area contributed by atoms with Gasteiger partial charge in [0.2, 0.25) is 5.91 Å². The average Bonchev–Trinajstić information content (AvgIpc) is 2.82. The molecule has 0 fully saturated rings. The molecule has 0 aromatic heterocycles. The minimum absolute atomic E-state index is 0.187. The zero-order valence-corrected chi connectivity index (χ0v) is 19.3. The van der Waals surface area contributed by atoms with Crippen LogP contribution in [-0.2, 0) is 17.6 Å². The predicted molar refractivity (Wildman–Crippen MR) is 131 cm³/mol. The van der Waals surface area contributed by atoms with Crippen molar-refractivity contribution in [3.05, 3.63) is 83.9 Å². The number of hydrogen-bond acceptors (Lipinski definition) is 3. The van der Waals surface area contributed by atoms with Gasteiger partial charge < -0.3 is 14.5 Å². The third kappa shape index (κ3) is 5.20. The molecule has 0 N–H and O–H groups in total. The monoisotopic (exact) mass is 428 g/mol. The molecule has 0 aliphatic carbocycles. The first-order valence-electron chi connectivity index (χ1n) is 11.3. The van der Waals surface area contributed by atoms with E-state index < -0.39 is 0 Å². The van der Waals surface area contributed by atoms with Gasteiger partial charge in [-0.25, -0.2) is 0 Å². The van der Waals surface area contributed by atoms with Crippen molar-refractivity contribution in [3.63, 3.8) is 0 Å². The second-order valence-corrected chi connectivity index (χ2v) is 8.89. The number of ether oxygens (including phenoxy) is 1. The summed E-state index contributed by atoms with van der Waals surface area (Å²) in [6.45, 7) is 1.73. The summed E-state index contributed by atoms with van der Waals surface area (Å²) < 4.78 is 5.43. The number of carbonyl (C=O) groups excluding carboxylic acids is 1. The minimum Gasteiger partial charge on any atom is -0.497 e. The second-order valence-electron chi connectivity index (χ2n) is 8.89. The largest absolute Gasteiger partial charge is 0.497 e. The predicted octanol–water partition coefficient (Wildman–Crippen LogP) is 5.06. The Morgan fingerprint density at radius 3 is 2.41 bits per heavy atom. The fourth-order valence-electron chi connectivity index (χ4n) is 4.60. The average molecular weight is 429 g/mol. The van der Waals surface area contributed by atoms with Crippen molar-refractivity contribution in [1.82, 2.24) is 4.90 Å². The van der Waals surface area contributed by atoms with Crippen molar-refractivity contribution in [3.8, 4) is 16.9 Å². The number of nitrogens with zero attached hydrogens (tertiary/aromatic N) is 2. The number of methoxy groups -OCH3 is 1. The molecule has 3 aromatic rings. The maximum absolute atomic E-state index is 13.3. The summed E-state index contributed by atoms with van der Waals surface area (Å²) in [5.41, 5.74) is 5.83. The standard InChI is InChI=1S/C28H32N2O2/c1-29(2)19-22-17-25-18-26(32-3)14-15-27(25)30(20-22)28(31)16-11-21-9-12-24(13-10-21)23-7-5-4-6-8-23/h4-10,12-15,18,22H,11,16-17,19-20H2,1-3H3. The smallest absolute Gasteiger partial charge is 0.227 e. The fraction of sp³-hybridized carbons (Fsp3) is 0.321. The van der Waals surface area contributed by atoms with E-state index in [2.05, 4.69) is 73.6 Å². The Hall–Kier alpha value is -3.11. The molecule has 1 aliphatic heterocycles. The molecule has 1 unspecified atom stereocenters.